The third-order valence-corrected chi connectivity index (χ3v) is 2.94. The fourth-order valence-corrected chi connectivity index (χ4v) is 1.86. The molecule has 0 amide bonds. The zero-order valence-electron chi connectivity index (χ0n) is 10.8. The molecule has 0 unspecified atom stereocenters. The Kier molecular flexibility index (Phi) is 3.91. The first-order valence-electron chi connectivity index (χ1n) is 5.94. The Labute approximate surface area is 115 Å². The van der Waals surface area contributed by atoms with Crippen molar-refractivity contribution < 1.29 is 4.92 Å². The van der Waals surface area contributed by atoms with E-state index in [2.05, 4.69) is 10.3 Å². The van der Waals surface area contributed by atoms with E-state index in [0.29, 0.717) is 12.2 Å². The molecule has 1 aromatic heterocycles. The molecule has 1 N–H and O–H groups in total. The van der Waals surface area contributed by atoms with Crippen molar-refractivity contribution in [2.75, 3.05) is 5.32 Å². The zero-order chi connectivity index (χ0) is 14.5. The first-order chi connectivity index (χ1) is 9.63. The quantitative estimate of drug-likeness (QED) is 0.680. The number of nitrogens with zero attached hydrogens (tertiary/aromatic N) is 3. The van der Waals surface area contributed by atoms with E-state index in [1.807, 2.05) is 19.1 Å². The molecule has 2 rings (SSSR count). The molecule has 100 valence electrons. The molecule has 2 aromatic rings. The number of para-hydroxylation sites is 1. The molecular weight excluding hydrogens is 256 g/mol. The highest BCUT2D eigenvalue weighted by molar-refractivity contribution is 5.68. The lowest BCUT2D eigenvalue weighted by Gasteiger charge is -2.09. The van der Waals surface area contributed by atoms with Gasteiger partial charge in [0.05, 0.1) is 4.92 Å². The normalized spacial score (nSPS) is 9.80. The molecule has 6 nitrogen and oxygen atoms in total. The van der Waals surface area contributed by atoms with E-state index in [-0.39, 0.29) is 11.3 Å². The van der Waals surface area contributed by atoms with Gasteiger partial charge in [0.15, 0.2) is 0 Å². The van der Waals surface area contributed by atoms with E-state index < -0.39 is 4.92 Å². The van der Waals surface area contributed by atoms with E-state index >= 15 is 0 Å². The number of rotatable bonds is 4. The summed E-state index contributed by atoms with van der Waals surface area (Å²) in [6.45, 7) is 2.36. The van der Waals surface area contributed by atoms with E-state index in [9.17, 15) is 10.1 Å². The lowest BCUT2D eigenvalue weighted by Crippen LogP contribution is -2.05. The number of benzene rings is 1. The molecule has 0 fully saturated rings. The van der Waals surface area contributed by atoms with Crippen LogP contribution in [0.15, 0.2) is 36.7 Å². The number of anilines is 1. The van der Waals surface area contributed by atoms with E-state index in [1.165, 1.54) is 6.07 Å². The molecule has 0 saturated heterocycles. The summed E-state index contributed by atoms with van der Waals surface area (Å²) in [6.07, 6.45) is 3.40. The Bertz CT molecular complexity index is 692. The van der Waals surface area contributed by atoms with Gasteiger partial charge in [-0.2, -0.15) is 5.26 Å². The number of pyridine rings is 1. The van der Waals surface area contributed by atoms with Gasteiger partial charge in [-0.1, -0.05) is 6.07 Å². The molecule has 0 bridgehead atoms. The molecule has 0 aliphatic carbocycles. The predicted octanol–water partition coefficient (Wildman–Crippen LogP) is 2.78. The summed E-state index contributed by atoms with van der Waals surface area (Å²) in [5.41, 5.74) is 2.19. The maximum absolute atomic E-state index is 11.1. The molecule has 0 atom stereocenters. The minimum atomic E-state index is -0.541. The van der Waals surface area contributed by atoms with Crippen LogP contribution in [0.3, 0.4) is 0 Å². The summed E-state index contributed by atoms with van der Waals surface area (Å²) in [7, 11) is 0. The van der Waals surface area contributed by atoms with Crippen molar-refractivity contribution in [1.82, 2.24) is 4.98 Å². The summed E-state index contributed by atoms with van der Waals surface area (Å²) in [6, 6.07) is 8.33. The fourth-order valence-electron chi connectivity index (χ4n) is 1.86. The van der Waals surface area contributed by atoms with Crippen LogP contribution in [0, 0.1) is 28.4 Å². The van der Waals surface area contributed by atoms with Crippen LogP contribution in [-0.2, 0) is 6.54 Å². The minimum Gasteiger partial charge on any atom is -0.375 e. The smallest absolute Gasteiger partial charge is 0.309 e. The standard InChI is InChI=1S/C14H12N4O2/c1-10-8-16-6-5-12(10)9-17-13-4-2-3-11(7-15)14(13)18(19)20/h2-6,8,17H,9H2,1H3. The number of nitriles is 1. The van der Waals surface area contributed by atoms with Gasteiger partial charge in [-0.15, -0.1) is 0 Å². The molecule has 0 saturated carbocycles. The van der Waals surface area contributed by atoms with Crippen LogP contribution in [0.25, 0.3) is 0 Å². The molecule has 1 aromatic carbocycles. The second-order valence-corrected chi connectivity index (χ2v) is 4.23. The zero-order valence-corrected chi connectivity index (χ0v) is 10.8. The Morgan fingerprint density at radius 3 is 2.90 bits per heavy atom. The van der Waals surface area contributed by atoms with Gasteiger partial charge in [-0.25, -0.2) is 0 Å². The van der Waals surface area contributed by atoms with Gasteiger partial charge in [0.25, 0.3) is 0 Å². The Balaban J connectivity index is 2.29. The highest BCUT2D eigenvalue weighted by atomic mass is 16.6. The van der Waals surface area contributed by atoms with Crippen molar-refractivity contribution in [1.29, 1.82) is 5.26 Å². The first-order valence-corrected chi connectivity index (χ1v) is 5.94. The van der Waals surface area contributed by atoms with E-state index in [0.717, 1.165) is 11.1 Å². The van der Waals surface area contributed by atoms with Gasteiger partial charge in [-0.3, -0.25) is 15.1 Å². The second kappa shape index (κ2) is 5.80. The van der Waals surface area contributed by atoms with Crippen LogP contribution >= 0.6 is 0 Å². The van der Waals surface area contributed by atoms with Gasteiger partial charge in [-0.05, 0) is 36.2 Å². The number of nitro benzene ring substituents is 1. The van der Waals surface area contributed by atoms with E-state index in [4.69, 9.17) is 5.26 Å². The maximum Gasteiger partial charge on any atom is 0.309 e. The number of nitrogens with one attached hydrogen (secondary N) is 1. The molecular formula is C14H12N4O2. The van der Waals surface area contributed by atoms with Crippen molar-refractivity contribution in [3.8, 4) is 6.07 Å². The highest BCUT2D eigenvalue weighted by Gasteiger charge is 2.19. The lowest BCUT2D eigenvalue weighted by molar-refractivity contribution is -0.384. The molecule has 1 heterocycles. The fraction of sp³-hybridized carbons (Fsp3) is 0.143. The number of aromatic nitrogens is 1. The topological polar surface area (TPSA) is 91.8 Å². The summed E-state index contributed by atoms with van der Waals surface area (Å²) in [5, 5.41) is 23.0. The summed E-state index contributed by atoms with van der Waals surface area (Å²) < 4.78 is 0. The highest BCUT2D eigenvalue weighted by Crippen LogP contribution is 2.28. The van der Waals surface area contributed by atoms with Gasteiger partial charge < -0.3 is 5.32 Å². The Morgan fingerprint density at radius 2 is 2.25 bits per heavy atom. The average molecular weight is 268 g/mol. The first kappa shape index (κ1) is 13.5. The van der Waals surface area contributed by atoms with Crippen LogP contribution < -0.4 is 5.32 Å². The van der Waals surface area contributed by atoms with Gasteiger partial charge in [0, 0.05) is 18.9 Å². The van der Waals surface area contributed by atoms with Crippen LogP contribution in [-0.4, -0.2) is 9.91 Å². The van der Waals surface area contributed by atoms with Crippen LogP contribution in [0.1, 0.15) is 16.7 Å². The molecule has 0 aliphatic rings. The van der Waals surface area contributed by atoms with Crippen LogP contribution in [0.2, 0.25) is 0 Å². The monoisotopic (exact) mass is 268 g/mol. The maximum atomic E-state index is 11.1. The van der Waals surface area contributed by atoms with Crippen molar-refractivity contribution in [3.63, 3.8) is 0 Å². The van der Waals surface area contributed by atoms with Crippen LogP contribution in [0.4, 0.5) is 11.4 Å². The Hall–Kier alpha value is -2.94. The Morgan fingerprint density at radius 1 is 1.45 bits per heavy atom. The number of nitro groups is 1. The molecule has 0 radical (unpaired) electrons. The van der Waals surface area contributed by atoms with Gasteiger partial charge >= 0.3 is 5.69 Å². The molecule has 0 spiro atoms. The van der Waals surface area contributed by atoms with Gasteiger partial charge in [0.2, 0.25) is 0 Å². The second-order valence-electron chi connectivity index (χ2n) is 4.23. The summed E-state index contributed by atoms with van der Waals surface area (Å²) in [5.74, 6) is 0. The summed E-state index contributed by atoms with van der Waals surface area (Å²) >= 11 is 0. The predicted molar refractivity (Wildman–Crippen MR) is 74.1 cm³/mol. The van der Waals surface area contributed by atoms with Crippen molar-refractivity contribution >= 4 is 11.4 Å². The number of hydrogen-bond acceptors (Lipinski definition) is 5. The third-order valence-electron chi connectivity index (χ3n) is 2.94. The number of hydrogen-bond donors (Lipinski definition) is 1. The molecule has 6 heteroatoms. The van der Waals surface area contributed by atoms with Crippen molar-refractivity contribution in [2.24, 2.45) is 0 Å². The third kappa shape index (κ3) is 2.72. The molecule has 0 aliphatic heterocycles. The molecule has 20 heavy (non-hydrogen) atoms. The summed E-state index contributed by atoms with van der Waals surface area (Å²) in [4.78, 5) is 14.5. The number of aryl methyl sites for hydroxylation is 1. The average Bonchev–Trinajstić information content (AvgIpc) is 2.45. The van der Waals surface area contributed by atoms with Gasteiger partial charge in [0.1, 0.15) is 17.3 Å². The largest absolute Gasteiger partial charge is 0.375 e. The lowest BCUT2D eigenvalue weighted by atomic mass is 10.1. The van der Waals surface area contributed by atoms with Crippen molar-refractivity contribution in [3.05, 3.63) is 63.5 Å². The van der Waals surface area contributed by atoms with Crippen LogP contribution in [0.5, 0.6) is 0 Å². The van der Waals surface area contributed by atoms with Crippen molar-refractivity contribution in [2.45, 2.75) is 13.5 Å². The minimum absolute atomic E-state index is 0.0476. The van der Waals surface area contributed by atoms with E-state index in [1.54, 1.807) is 24.5 Å². The SMILES string of the molecule is Cc1cnccc1CNc1cccc(C#N)c1[N+](=O)[O-].